The molecule has 0 saturated carbocycles. The summed E-state index contributed by atoms with van der Waals surface area (Å²) >= 11 is 0. The largest absolute Gasteiger partial charge is 0.289 e. The van der Waals surface area contributed by atoms with E-state index in [9.17, 15) is 26.4 Å². The lowest BCUT2D eigenvalue weighted by atomic mass is 9.68. The Balaban J connectivity index is 0.970. The van der Waals surface area contributed by atoms with E-state index in [4.69, 9.17) is 0 Å². The van der Waals surface area contributed by atoms with E-state index in [0.717, 1.165) is 22.3 Å². The van der Waals surface area contributed by atoms with Crippen LogP contribution >= 0.6 is 0 Å². The smallest absolute Gasteiger partial charge is 0.243 e. The minimum atomic E-state index is -4.06. The first kappa shape index (κ1) is 38.0. The first-order chi connectivity index (χ1) is 28.0. The summed E-state index contributed by atoms with van der Waals surface area (Å²) in [4.78, 5) is 27.8. The summed E-state index contributed by atoms with van der Waals surface area (Å²) in [6, 6.07) is 48.8. The monoisotopic (exact) mass is 806 g/mol. The molecule has 10 heteroatoms. The van der Waals surface area contributed by atoms with Gasteiger partial charge in [-0.3, -0.25) is 9.59 Å². The standard InChI is InChI=1S/C48H42N2O6S2/c51-45-41-23-21-39(57(53,54)49-29-25-47(26-30-49,35-13-5-1-6-14-35)36-15-7-2-8-16-36)33-43(41)46(52)44-34-40(22-24-42(44)45)58(55,56)50-31-27-48(28-32-50,37-17-9-3-10-18-37)38-19-11-4-12-20-38/h1-24,33-34H,25-32H2. The van der Waals surface area contributed by atoms with Gasteiger partial charge < -0.3 is 0 Å². The number of benzene rings is 6. The molecule has 2 aliphatic heterocycles. The summed E-state index contributed by atoms with van der Waals surface area (Å²) in [7, 11) is -8.11. The van der Waals surface area contributed by atoms with E-state index in [1.807, 2.05) is 72.8 Å². The van der Waals surface area contributed by atoms with Crippen LogP contribution < -0.4 is 0 Å². The molecule has 0 radical (unpaired) electrons. The van der Waals surface area contributed by atoms with Crippen molar-refractivity contribution in [2.24, 2.45) is 0 Å². The van der Waals surface area contributed by atoms with Gasteiger partial charge in [0.2, 0.25) is 20.0 Å². The number of hydrogen-bond acceptors (Lipinski definition) is 6. The van der Waals surface area contributed by atoms with Crippen molar-refractivity contribution >= 4 is 31.6 Å². The molecule has 292 valence electrons. The molecule has 6 aromatic rings. The highest BCUT2D eigenvalue weighted by atomic mass is 32.2. The van der Waals surface area contributed by atoms with Crippen molar-refractivity contribution < 1.29 is 26.4 Å². The normalized spacial score (nSPS) is 18.3. The molecule has 0 bridgehead atoms. The highest BCUT2D eigenvalue weighted by Crippen LogP contribution is 2.44. The molecule has 58 heavy (non-hydrogen) atoms. The van der Waals surface area contributed by atoms with Gasteiger partial charge in [-0.15, -0.1) is 0 Å². The summed E-state index contributed by atoms with van der Waals surface area (Å²) < 4.78 is 59.8. The van der Waals surface area contributed by atoms with Crippen LogP contribution in [0.1, 0.15) is 79.8 Å². The summed E-state index contributed by atoms with van der Waals surface area (Å²) in [5, 5.41) is 0. The SMILES string of the molecule is O=C1c2ccc(S(=O)(=O)N3CCC(c4ccccc4)(c4ccccc4)CC3)cc2C(=O)c2cc(S(=O)(=O)N3CCC(c4ccccc4)(c4ccccc4)CC3)ccc21. The Morgan fingerprint density at radius 2 is 0.638 bits per heavy atom. The zero-order valence-corrected chi connectivity index (χ0v) is 33.5. The van der Waals surface area contributed by atoms with Crippen LogP contribution in [-0.4, -0.2) is 63.2 Å². The molecule has 2 fully saturated rings. The number of rotatable bonds is 8. The van der Waals surface area contributed by atoms with Gasteiger partial charge in [0, 0.05) is 59.3 Å². The Labute approximate surface area is 339 Å². The highest BCUT2D eigenvalue weighted by Gasteiger charge is 2.43. The van der Waals surface area contributed by atoms with Gasteiger partial charge in [0.05, 0.1) is 9.79 Å². The van der Waals surface area contributed by atoms with Gasteiger partial charge in [-0.25, -0.2) is 16.8 Å². The van der Waals surface area contributed by atoms with Crippen molar-refractivity contribution in [2.75, 3.05) is 26.2 Å². The van der Waals surface area contributed by atoms with Gasteiger partial charge >= 0.3 is 0 Å². The second kappa shape index (κ2) is 14.7. The highest BCUT2D eigenvalue weighted by molar-refractivity contribution is 7.89. The number of carbonyl (C=O) groups excluding carboxylic acids is 2. The topological polar surface area (TPSA) is 109 Å². The summed E-state index contributed by atoms with van der Waals surface area (Å²) in [5.41, 5.74) is 3.86. The Hall–Kier alpha value is -5.52. The molecule has 3 aliphatic rings. The molecule has 0 atom stereocenters. The van der Waals surface area contributed by atoms with Gasteiger partial charge in [-0.1, -0.05) is 121 Å². The second-order valence-electron chi connectivity index (χ2n) is 15.5. The third kappa shape index (κ3) is 6.26. The van der Waals surface area contributed by atoms with Crippen LogP contribution in [0.15, 0.2) is 168 Å². The third-order valence-electron chi connectivity index (χ3n) is 12.7. The quantitative estimate of drug-likeness (QED) is 0.154. The Bertz CT molecular complexity index is 2470. The van der Waals surface area contributed by atoms with Gasteiger partial charge in [-0.2, -0.15) is 8.61 Å². The maximum Gasteiger partial charge on any atom is 0.243 e. The van der Waals surface area contributed by atoms with E-state index in [1.165, 1.54) is 45.0 Å². The number of sulfonamides is 2. The van der Waals surface area contributed by atoms with Crippen molar-refractivity contribution in [1.29, 1.82) is 0 Å². The predicted molar refractivity (Wildman–Crippen MR) is 223 cm³/mol. The maximum absolute atomic E-state index is 14.2. The van der Waals surface area contributed by atoms with Gasteiger partial charge in [-0.05, 0) is 84.3 Å². The van der Waals surface area contributed by atoms with E-state index in [2.05, 4.69) is 48.5 Å². The van der Waals surface area contributed by atoms with Crippen LogP contribution in [0.2, 0.25) is 0 Å². The number of ketones is 2. The lowest BCUT2D eigenvalue weighted by Gasteiger charge is -2.42. The lowest BCUT2D eigenvalue weighted by molar-refractivity contribution is 0.0978. The van der Waals surface area contributed by atoms with Gasteiger partial charge in [0.25, 0.3) is 0 Å². The third-order valence-corrected chi connectivity index (χ3v) is 16.5. The number of piperidine rings is 2. The Kier molecular flexibility index (Phi) is 9.63. The van der Waals surface area contributed by atoms with Gasteiger partial charge in [0.1, 0.15) is 0 Å². The second-order valence-corrected chi connectivity index (χ2v) is 19.4. The van der Waals surface area contributed by atoms with Gasteiger partial charge in [0.15, 0.2) is 11.6 Å². The molecule has 0 amide bonds. The van der Waals surface area contributed by atoms with Crippen LogP contribution in [-0.2, 0) is 30.9 Å². The first-order valence-corrected chi connectivity index (χ1v) is 22.5. The van der Waals surface area contributed by atoms with Crippen molar-refractivity contribution in [3.63, 3.8) is 0 Å². The fourth-order valence-electron chi connectivity index (χ4n) is 9.46. The molecular weight excluding hydrogens is 765 g/mol. The molecule has 6 aromatic carbocycles. The van der Waals surface area contributed by atoms with E-state index >= 15 is 0 Å². The van der Waals surface area contributed by atoms with E-state index < -0.39 is 31.6 Å². The molecule has 0 N–H and O–H groups in total. The summed E-state index contributed by atoms with van der Waals surface area (Å²) in [6.45, 7) is 1.03. The fourth-order valence-corrected chi connectivity index (χ4v) is 12.4. The summed E-state index contributed by atoms with van der Waals surface area (Å²) in [6.07, 6.45) is 2.24. The Morgan fingerprint density at radius 1 is 0.362 bits per heavy atom. The van der Waals surface area contributed by atoms with Crippen LogP contribution in [0.3, 0.4) is 0 Å². The van der Waals surface area contributed by atoms with Crippen LogP contribution in [0.4, 0.5) is 0 Å². The van der Waals surface area contributed by atoms with Crippen molar-refractivity contribution in [1.82, 2.24) is 8.61 Å². The van der Waals surface area contributed by atoms with Crippen molar-refractivity contribution in [2.45, 2.75) is 46.3 Å². The number of carbonyl (C=O) groups is 2. The van der Waals surface area contributed by atoms with E-state index in [1.54, 1.807) is 0 Å². The van der Waals surface area contributed by atoms with Crippen LogP contribution in [0.25, 0.3) is 0 Å². The molecule has 0 aromatic heterocycles. The molecular formula is C48H42N2O6S2. The number of hydrogen-bond donors (Lipinski definition) is 0. The Morgan fingerprint density at radius 3 is 0.931 bits per heavy atom. The van der Waals surface area contributed by atoms with E-state index in [-0.39, 0.29) is 69.1 Å². The zero-order valence-electron chi connectivity index (χ0n) is 31.8. The van der Waals surface area contributed by atoms with E-state index in [0.29, 0.717) is 25.7 Å². The molecule has 0 unspecified atom stereocenters. The number of nitrogens with zero attached hydrogens (tertiary/aromatic N) is 2. The van der Waals surface area contributed by atoms with Crippen molar-refractivity contribution in [3.05, 3.63) is 202 Å². The average Bonchev–Trinajstić information content (AvgIpc) is 3.29. The molecule has 0 spiro atoms. The minimum Gasteiger partial charge on any atom is -0.289 e. The molecule has 9 rings (SSSR count). The summed E-state index contributed by atoms with van der Waals surface area (Å²) in [5.74, 6) is -1.05. The lowest BCUT2D eigenvalue weighted by Crippen LogP contribution is -2.45. The fraction of sp³-hybridized carbons (Fsp3) is 0.208. The average molecular weight is 807 g/mol. The molecule has 1 aliphatic carbocycles. The molecule has 2 saturated heterocycles. The first-order valence-electron chi connectivity index (χ1n) is 19.6. The molecule has 2 heterocycles. The van der Waals surface area contributed by atoms with Crippen LogP contribution in [0, 0.1) is 0 Å². The van der Waals surface area contributed by atoms with Crippen molar-refractivity contribution in [3.8, 4) is 0 Å². The van der Waals surface area contributed by atoms with Crippen LogP contribution in [0.5, 0.6) is 0 Å². The minimum absolute atomic E-state index is 0.0541. The number of fused-ring (bicyclic) bond motifs is 2. The predicted octanol–water partition coefficient (Wildman–Crippen LogP) is 8.00. The molecule has 8 nitrogen and oxygen atoms in total. The maximum atomic E-state index is 14.2. The zero-order chi connectivity index (χ0) is 40.1.